The van der Waals surface area contributed by atoms with Crippen molar-refractivity contribution in [2.75, 3.05) is 0 Å². The highest BCUT2D eigenvalue weighted by Crippen LogP contribution is 2.29. The van der Waals surface area contributed by atoms with Gasteiger partial charge in [0.25, 0.3) is 14.2 Å². The first-order chi connectivity index (χ1) is 9.71. The number of aromatic nitrogens is 3. The van der Waals surface area contributed by atoms with Gasteiger partial charge in [0.2, 0.25) is 0 Å². The third-order valence-corrected chi connectivity index (χ3v) is 4.44. The molecule has 0 atom stereocenters. The topological polar surface area (TPSA) is 64.8 Å². The zero-order chi connectivity index (χ0) is 15.8. The maximum atomic E-state index is 14.2. The number of halogens is 3. The molecule has 0 N–H and O–H groups in total. The predicted molar refractivity (Wildman–Crippen MR) is 81.0 cm³/mol. The third-order valence-electron chi connectivity index (χ3n) is 2.68. The second-order valence-electron chi connectivity index (χ2n) is 4.85. The van der Waals surface area contributed by atoms with E-state index in [2.05, 4.69) is 26.1 Å². The molecule has 0 fully saturated rings. The van der Waals surface area contributed by atoms with Crippen LogP contribution in [0, 0.1) is 11.7 Å². The van der Waals surface area contributed by atoms with Gasteiger partial charge in [0.1, 0.15) is 5.82 Å². The molecule has 1 heterocycles. The molecule has 2 rings (SSSR count). The fraction of sp³-hybridized carbons (Fsp3) is 0.333. The van der Waals surface area contributed by atoms with E-state index in [0.717, 1.165) is 0 Å². The van der Waals surface area contributed by atoms with Crippen LogP contribution in [0.1, 0.15) is 13.8 Å². The summed E-state index contributed by atoms with van der Waals surface area (Å²) in [4.78, 5) is 0. The highest BCUT2D eigenvalue weighted by atomic mass is 79.9. The van der Waals surface area contributed by atoms with E-state index in [1.165, 1.54) is 10.6 Å². The zero-order valence-electron chi connectivity index (χ0n) is 11.2. The van der Waals surface area contributed by atoms with E-state index < -0.39 is 14.9 Å². The lowest BCUT2D eigenvalue weighted by Crippen LogP contribution is -2.12. The van der Waals surface area contributed by atoms with Crippen LogP contribution in [0.4, 0.5) is 4.39 Å². The minimum absolute atomic E-state index is 0.104. The summed E-state index contributed by atoms with van der Waals surface area (Å²) in [5.41, 5.74) is 0.157. The average Bonchev–Trinajstić information content (AvgIpc) is 2.75. The Balaban J connectivity index is 2.70. The molecule has 0 saturated heterocycles. The van der Waals surface area contributed by atoms with Crippen LogP contribution in [0.2, 0.25) is 0 Å². The van der Waals surface area contributed by atoms with E-state index in [9.17, 15) is 12.8 Å². The Hall–Kier alpha value is -0.990. The Morgan fingerprint density at radius 1 is 1.38 bits per heavy atom. The van der Waals surface area contributed by atoms with E-state index >= 15 is 0 Å². The first-order valence-electron chi connectivity index (χ1n) is 6.04. The lowest BCUT2D eigenvalue weighted by Gasteiger charge is -2.12. The molecule has 2 aromatic rings. The lowest BCUT2D eigenvalue weighted by molar-refractivity contribution is 0.487. The summed E-state index contributed by atoms with van der Waals surface area (Å²) in [5, 5.41) is 7.01. The van der Waals surface area contributed by atoms with Crippen molar-refractivity contribution in [3.8, 4) is 11.4 Å². The van der Waals surface area contributed by atoms with Crippen LogP contribution >= 0.6 is 26.6 Å². The van der Waals surface area contributed by atoms with E-state index in [1.54, 1.807) is 12.1 Å². The monoisotopic (exact) mass is 395 g/mol. The van der Waals surface area contributed by atoms with Crippen LogP contribution in [0.3, 0.4) is 0 Å². The molecule has 21 heavy (non-hydrogen) atoms. The Morgan fingerprint density at radius 2 is 2.05 bits per heavy atom. The summed E-state index contributed by atoms with van der Waals surface area (Å²) in [6.07, 6.45) is 0. The standard InChI is InChI=1S/C12H12BrClFN3O2S/c1-7(2)6-18-11(16-17-12(18)21(14,19)20)8-4-3-5-9(13)10(8)15/h3-5,7H,6H2,1-2H3. The molecular formula is C12H12BrClFN3O2S. The van der Waals surface area contributed by atoms with E-state index in [4.69, 9.17) is 10.7 Å². The second kappa shape index (κ2) is 6.02. The van der Waals surface area contributed by atoms with Crippen molar-refractivity contribution in [3.63, 3.8) is 0 Å². The Morgan fingerprint density at radius 3 is 2.62 bits per heavy atom. The molecule has 0 aliphatic carbocycles. The third kappa shape index (κ3) is 3.44. The number of benzene rings is 1. The van der Waals surface area contributed by atoms with Crippen molar-refractivity contribution < 1.29 is 12.8 Å². The lowest BCUT2D eigenvalue weighted by atomic mass is 10.2. The first kappa shape index (κ1) is 16.4. The highest BCUT2D eigenvalue weighted by molar-refractivity contribution is 9.10. The van der Waals surface area contributed by atoms with Crippen LogP contribution in [0.5, 0.6) is 0 Å². The van der Waals surface area contributed by atoms with Crippen LogP contribution in [-0.4, -0.2) is 23.2 Å². The highest BCUT2D eigenvalue weighted by Gasteiger charge is 2.25. The molecule has 0 bridgehead atoms. The number of hydrogen-bond donors (Lipinski definition) is 0. The second-order valence-corrected chi connectivity index (χ2v) is 8.16. The van der Waals surface area contributed by atoms with Crippen LogP contribution in [-0.2, 0) is 15.6 Å². The fourth-order valence-corrected chi connectivity index (χ4v) is 3.15. The van der Waals surface area contributed by atoms with Gasteiger partial charge < -0.3 is 0 Å². The molecule has 1 aromatic heterocycles. The van der Waals surface area contributed by atoms with Crippen molar-refractivity contribution >= 4 is 35.7 Å². The summed E-state index contributed by atoms with van der Waals surface area (Å²) in [6.45, 7) is 4.09. The van der Waals surface area contributed by atoms with Crippen molar-refractivity contribution in [1.82, 2.24) is 14.8 Å². The van der Waals surface area contributed by atoms with Crippen molar-refractivity contribution in [2.24, 2.45) is 5.92 Å². The Labute approximate surface area is 134 Å². The van der Waals surface area contributed by atoms with Crippen molar-refractivity contribution in [3.05, 3.63) is 28.5 Å². The molecule has 0 aliphatic rings. The van der Waals surface area contributed by atoms with Crippen LogP contribution in [0.25, 0.3) is 11.4 Å². The van der Waals surface area contributed by atoms with Gasteiger partial charge >= 0.3 is 0 Å². The quantitative estimate of drug-likeness (QED) is 0.743. The molecule has 0 radical (unpaired) electrons. The first-order valence-corrected chi connectivity index (χ1v) is 9.14. The Kier molecular flexibility index (Phi) is 4.69. The van der Waals surface area contributed by atoms with E-state index in [1.807, 2.05) is 13.8 Å². The summed E-state index contributed by atoms with van der Waals surface area (Å²) in [6, 6.07) is 4.68. The number of nitrogens with zero attached hydrogens (tertiary/aromatic N) is 3. The Bertz CT molecular complexity index is 777. The number of rotatable bonds is 4. The van der Waals surface area contributed by atoms with E-state index in [0.29, 0.717) is 6.54 Å². The van der Waals surface area contributed by atoms with Gasteiger partial charge in [0.15, 0.2) is 5.82 Å². The fourth-order valence-electron chi connectivity index (χ4n) is 1.87. The molecule has 114 valence electrons. The molecule has 0 saturated carbocycles. The summed E-state index contributed by atoms with van der Waals surface area (Å²) >= 11 is 3.09. The smallest absolute Gasteiger partial charge is 0.296 e. The normalized spacial score (nSPS) is 12.1. The van der Waals surface area contributed by atoms with Gasteiger partial charge in [0, 0.05) is 17.2 Å². The van der Waals surface area contributed by atoms with Gasteiger partial charge in [-0.2, -0.15) is 0 Å². The molecule has 0 aliphatic heterocycles. The zero-order valence-corrected chi connectivity index (χ0v) is 14.4. The van der Waals surface area contributed by atoms with Gasteiger partial charge in [-0.05, 0) is 34.0 Å². The van der Waals surface area contributed by atoms with Crippen molar-refractivity contribution in [1.29, 1.82) is 0 Å². The summed E-state index contributed by atoms with van der Waals surface area (Å²) in [5.74, 6) is -0.303. The largest absolute Gasteiger partial charge is 0.296 e. The van der Waals surface area contributed by atoms with Gasteiger partial charge in [-0.25, -0.2) is 12.8 Å². The molecule has 0 amide bonds. The van der Waals surface area contributed by atoms with Gasteiger partial charge in [-0.15, -0.1) is 10.2 Å². The molecule has 5 nitrogen and oxygen atoms in total. The molecule has 1 aromatic carbocycles. The molecule has 0 unspecified atom stereocenters. The average molecular weight is 397 g/mol. The van der Waals surface area contributed by atoms with Gasteiger partial charge in [0.05, 0.1) is 10.0 Å². The van der Waals surface area contributed by atoms with Gasteiger partial charge in [-0.1, -0.05) is 19.9 Å². The predicted octanol–water partition coefficient (Wildman–Crippen LogP) is 3.43. The van der Waals surface area contributed by atoms with Gasteiger partial charge in [-0.3, -0.25) is 4.57 Å². The van der Waals surface area contributed by atoms with Crippen LogP contribution in [0.15, 0.2) is 27.8 Å². The SMILES string of the molecule is CC(C)Cn1c(-c2cccc(Br)c2F)nnc1S(=O)(=O)Cl. The van der Waals surface area contributed by atoms with E-state index in [-0.39, 0.29) is 26.9 Å². The minimum Gasteiger partial charge on any atom is -0.296 e. The summed E-state index contributed by atoms with van der Waals surface area (Å²) < 4.78 is 38.9. The maximum absolute atomic E-state index is 14.2. The summed E-state index contributed by atoms with van der Waals surface area (Å²) in [7, 11) is 1.30. The van der Waals surface area contributed by atoms with Crippen molar-refractivity contribution in [2.45, 2.75) is 25.5 Å². The molecule has 9 heteroatoms. The minimum atomic E-state index is -4.06. The maximum Gasteiger partial charge on any atom is 0.296 e. The number of hydrogen-bond acceptors (Lipinski definition) is 4. The van der Waals surface area contributed by atoms with Crippen LogP contribution < -0.4 is 0 Å². The molecular weight excluding hydrogens is 385 g/mol. The molecule has 0 spiro atoms.